The monoisotopic (exact) mass is 272 g/mol. The zero-order valence-electron chi connectivity index (χ0n) is 11.7. The normalized spacial score (nSPS) is 11.7. The number of benzene rings is 1. The van der Waals surface area contributed by atoms with Crippen LogP contribution in [0, 0.1) is 6.92 Å². The Hall–Kier alpha value is -2.36. The van der Waals surface area contributed by atoms with Gasteiger partial charge in [0.05, 0.1) is 18.1 Å². The van der Waals surface area contributed by atoms with Crippen molar-refractivity contribution in [1.82, 2.24) is 0 Å². The Morgan fingerprint density at radius 2 is 2.05 bits per heavy atom. The second-order valence-electron chi connectivity index (χ2n) is 4.41. The van der Waals surface area contributed by atoms with E-state index in [4.69, 9.17) is 9.15 Å². The first-order chi connectivity index (χ1) is 9.58. The van der Waals surface area contributed by atoms with Gasteiger partial charge in [0.15, 0.2) is 5.43 Å². The molecule has 1 heterocycles. The summed E-state index contributed by atoms with van der Waals surface area (Å²) >= 11 is 0. The Kier molecular flexibility index (Phi) is 4.03. The summed E-state index contributed by atoms with van der Waals surface area (Å²) in [7, 11) is 1.32. The molecule has 104 valence electrons. The van der Waals surface area contributed by atoms with Gasteiger partial charge in [-0.25, -0.2) is 4.79 Å². The molecule has 2 rings (SSSR count). The molecule has 0 N–H and O–H groups in total. The lowest BCUT2D eigenvalue weighted by Crippen LogP contribution is -2.10. The number of aryl methyl sites for hydroxylation is 1. The maximum absolute atomic E-state index is 12.5. The molecule has 1 aromatic heterocycles. The number of carbonyl (C=O) groups excluding carboxylic acids is 1. The zero-order chi connectivity index (χ0) is 14.7. The first-order valence-corrected chi connectivity index (χ1v) is 6.39. The van der Waals surface area contributed by atoms with E-state index >= 15 is 0 Å². The third-order valence-electron chi connectivity index (χ3n) is 3.17. The van der Waals surface area contributed by atoms with Crippen LogP contribution in [0.3, 0.4) is 0 Å². The highest BCUT2D eigenvalue weighted by Crippen LogP contribution is 2.18. The van der Waals surface area contributed by atoms with E-state index < -0.39 is 5.97 Å². The van der Waals surface area contributed by atoms with Crippen molar-refractivity contribution in [1.29, 1.82) is 0 Å². The average Bonchev–Trinajstić information content (AvgIpc) is 2.46. The van der Waals surface area contributed by atoms with Gasteiger partial charge in [-0.1, -0.05) is 19.1 Å². The number of hydrogen-bond acceptors (Lipinski definition) is 4. The van der Waals surface area contributed by atoms with Crippen LogP contribution in [0.2, 0.25) is 0 Å². The van der Waals surface area contributed by atoms with Crippen LogP contribution >= 0.6 is 0 Å². The predicted molar refractivity (Wildman–Crippen MR) is 77.5 cm³/mol. The summed E-state index contributed by atoms with van der Waals surface area (Å²) in [6.07, 6.45) is 2.04. The molecule has 0 atom stereocenters. The zero-order valence-corrected chi connectivity index (χ0v) is 11.7. The summed E-state index contributed by atoms with van der Waals surface area (Å²) in [5.41, 5.74) is 1.24. The minimum Gasteiger partial charge on any atom is -0.466 e. The molecule has 2 aromatic rings. The number of para-hydroxylation sites is 1. The summed E-state index contributed by atoms with van der Waals surface area (Å²) in [6.45, 7) is 3.55. The number of carbonyl (C=O) groups is 1. The predicted octanol–water partition coefficient (Wildman–Crippen LogP) is 3.07. The van der Waals surface area contributed by atoms with Crippen molar-refractivity contribution in [2.24, 2.45) is 0 Å². The molecule has 4 nitrogen and oxygen atoms in total. The van der Waals surface area contributed by atoms with E-state index in [0.717, 1.165) is 0 Å². The molecule has 0 bridgehead atoms. The Morgan fingerprint density at radius 3 is 2.70 bits per heavy atom. The van der Waals surface area contributed by atoms with E-state index in [-0.39, 0.29) is 5.43 Å². The highest BCUT2D eigenvalue weighted by Gasteiger charge is 2.13. The van der Waals surface area contributed by atoms with Crippen LogP contribution in [-0.2, 0) is 9.53 Å². The molecular formula is C16H16O4. The van der Waals surface area contributed by atoms with Crippen LogP contribution in [-0.4, -0.2) is 13.1 Å². The molecule has 0 saturated heterocycles. The lowest BCUT2D eigenvalue weighted by molar-refractivity contribution is -0.136. The SMILES string of the molecule is CC/C(=C\c1c(C)oc2ccccc2c1=O)C(=O)OC. The number of rotatable bonds is 3. The van der Waals surface area contributed by atoms with Crippen molar-refractivity contribution < 1.29 is 13.9 Å². The van der Waals surface area contributed by atoms with Gasteiger partial charge in [0.1, 0.15) is 11.3 Å². The molecule has 20 heavy (non-hydrogen) atoms. The lowest BCUT2D eigenvalue weighted by Gasteiger charge is -2.05. The minimum atomic E-state index is -0.431. The highest BCUT2D eigenvalue weighted by molar-refractivity contribution is 5.94. The van der Waals surface area contributed by atoms with Crippen LogP contribution in [0.25, 0.3) is 17.0 Å². The number of ether oxygens (including phenoxy) is 1. The summed E-state index contributed by atoms with van der Waals surface area (Å²) in [5, 5.41) is 0.504. The molecule has 0 aliphatic carbocycles. The van der Waals surface area contributed by atoms with Gasteiger partial charge in [0, 0.05) is 5.57 Å². The lowest BCUT2D eigenvalue weighted by atomic mass is 10.1. The Bertz CT molecular complexity index is 738. The maximum Gasteiger partial charge on any atom is 0.333 e. The molecule has 0 radical (unpaired) electrons. The number of hydrogen-bond donors (Lipinski definition) is 0. The summed E-state index contributed by atoms with van der Waals surface area (Å²) in [4.78, 5) is 24.1. The summed E-state index contributed by atoms with van der Waals surface area (Å²) in [5.74, 6) is 0.0583. The van der Waals surface area contributed by atoms with Crippen LogP contribution in [0.5, 0.6) is 0 Å². The molecule has 0 amide bonds. The van der Waals surface area contributed by atoms with E-state index in [1.165, 1.54) is 7.11 Å². The van der Waals surface area contributed by atoms with Crippen molar-refractivity contribution >= 4 is 23.0 Å². The van der Waals surface area contributed by atoms with Gasteiger partial charge in [-0.15, -0.1) is 0 Å². The average molecular weight is 272 g/mol. The topological polar surface area (TPSA) is 56.5 Å². The molecule has 1 aromatic carbocycles. The number of methoxy groups -OCH3 is 1. The van der Waals surface area contributed by atoms with Gasteiger partial charge in [0.2, 0.25) is 0 Å². The van der Waals surface area contributed by atoms with Gasteiger partial charge in [0.25, 0.3) is 0 Å². The Morgan fingerprint density at radius 1 is 1.35 bits per heavy atom. The summed E-state index contributed by atoms with van der Waals surface area (Å²) in [6, 6.07) is 7.05. The van der Waals surface area contributed by atoms with Gasteiger partial charge < -0.3 is 9.15 Å². The van der Waals surface area contributed by atoms with Crippen molar-refractivity contribution in [2.75, 3.05) is 7.11 Å². The Labute approximate surface area is 116 Å². The van der Waals surface area contributed by atoms with Crippen molar-refractivity contribution in [3.05, 3.63) is 51.4 Å². The van der Waals surface area contributed by atoms with Crippen molar-refractivity contribution in [3.8, 4) is 0 Å². The van der Waals surface area contributed by atoms with Gasteiger partial charge in [-0.05, 0) is 31.6 Å². The van der Waals surface area contributed by atoms with Crippen LogP contribution in [0.15, 0.2) is 39.1 Å². The van der Waals surface area contributed by atoms with Gasteiger partial charge in [-0.3, -0.25) is 4.79 Å². The fourth-order valence-electron chi connectivity index (χ4n) is 2.05. The van der Waals surface area contributed by atoms with Crippen LogP contribution < -0.4 is 5.43 Å². The minimum absolute atomic E-state index is 0.140. The second kappa shape index (κ2) is 5.74. The quantitative estimate of drug-likeness (QED) is 0.636. The first-order valence-electron chi connectivity index (χ1n) is 6.39. The third-order valence-corrected chi connectivity index (χ3v) is 3.17. The van der Waals surface area contributed by atoms with Gasteiger partial charge >= 0.3 is 5.97 Å². The smallest absolute Gasteiger partial charge is 0.333 e. The molecule has 0 aliphatic heterocycles. The van der Waals surface area contributed by atoms with Crippen LogP contribution in [0.1, 0.15) is 24.7 Å². The van der Waals surface area contributed by atoms with Crippen molar-refractivity contribution in [2.45, 2.75) is 20.3 Å². The molecule has 0 aliphatic rings. The van der Waals surface area contributed by atoms with E-state index in [1.54, 1.807) is 31.2 Å². The van der Waals surface area contributed by atoms with Crippen molar-refractivity contribution in [3.63, 3.8) is 0 Å². The summed E-state index contributed by atoms with van der Waals surface area (Å²) < 4.78 is 10.3. The molecule has 0 saturated carbocycles. The first kappa shape index (κ1) is 14.1. The Balaban J connectivity index is 2.69. The van der Waals surface area contributed by atoms with Crippen LogP contribution in [0.4, 0.5) is 0 Å². The number of fused-ring (bicyclic) bond motifs is 1. The molecular weight excluding hydrogens is 256 g/mol. The van der Waals surface area contributed by atoms with E-state index in [0.29, 0.717) is 34.3 Å². The van der Waals surface area contributed by atoms with Gasteiger partial charge in [-0.2, -0.15) is 0 Å². The fraction of sp³-hybridized carbons (Fsp3) is 0.250. The largest absolute Gasteiger partial charge is 0.466 e. The number of esters is 1. The standard InChI is InChI=1S/C16H16O4/c1-4-11(16(18)19-3)9-13-10(2)20-14-8-6-5-7-12(14)15(13)17/h5-9H,4H2,1-3H3/b11-9+. The molecule has 4 heteroatoms. The molecule has 0 unspecified atom stereocenters. The van der Waals surface area contributed by atoms with E-state index in [1.807, 2.05) is 13.0 Å². The molecule has 0 fully saturated rings. The molecule has 0 spiro atoms. The second-order valence-corrected chi connectivity index (χ2v) is 4.41. The maximum atomic E-state index is 12.5. The highest BCUT2D eigenvalue weighted by atomic mass is 16.5. The fourth-order valence-corrected chi connectivity index (χ4v) is 2.05. The third kappa shape index (κ3) is 2.50. The van der Waals surface area contributed by atoms with E-state index in [9.17, 15) is 9.59 Å². The van der Waals surface area contributed by atoms with E-state index in [2.05, 4.69) is 0 Å².